The molecule has 106 valence electrons. The zero-order valence-electron chi connectivity index (χ0n) is 11.3. The zero-order valence-corrected chi connectivity index (χ0v) is 12.1. The van der Waals surface area contributed by atoms with Gasteiger partial charge in [0.05, 0.1) is 11.6 Å². The third kappa shape index (κ3) is 6.19. The number of aryl methyl sites for hydroxylation is 1. The van der Waals surface area contributed by atoms with Gasteiger partial charge in [0.15, 0.2) is 0 Å². The lowest BCUT2D eigenvalue weighted by Gasteiger charge is -2.25. The number of nitrogens with zero attached hydrogens (tertiary/aromatic N) is 1. The van der Waals surface area contributed by atoms with Gasteiger partial charge in [-0.2, -0.15) is 0 Å². The molecule has 1 heterocycles. The van der Waals surface area contributed by atoms with Crippen LogP contribution in [0.4, 0.5) is 4.79 Å². The van der Waals surface area contributed by atoms with Gasteiger partial charge >= 0.3 is 12.0 Å². The fourth-order valence-electron chi connectivity index (χ4n) is 1.49. The second-order valence-corrected chi connectivity index (χ2v) is 6.25. The van der Waals surface area contributed by atoms with Gasteiger partial charge in [0.25, 0.3) is 0 Å². The number of urea groups is 1. The number of rotatable bonds is 6. The fraction of sp³-hybridized carbons (Fsp3) is 0.583. The first kappa shape index (κ1) is 15.4. The lowest BCUT2D eigenvalue weighted by Crippen LogP contribution is -2.48. The van der Waals surface area contributed by atoms with Crippen LogP contribution in [-0.2, 0) is 11.3 Å². The molecule has 0 fully saturated rings. The SMILES string of the molecule is Cc1ncc(CNC(=O)NC(C)(C)CCC(=O)O)s1. The Bertz CT molecular complexity index is 457. The van der Waals surface area contributed by atoms with Crippen LogP contribution in [0.25, 0.3) is 0 Å². The molecule has 19 heavy (non-hydrogen) atoms. The van der Waals surface area contributed by atoms with E-state index in [4.69, 9.17) is 5.11 Å². The Labute approximate surface area is 116 Å². The second-order valence-electron chi connectivity index (χ2n) is 4.93. The van der Waals surface area contributed by atoms with Crippen LogP contribution in [0, 0.1) is 6.92 Å². The van der Waals surface area contributed by atoms with Gasteiger partial charge < -0.3 is 15.7 Å². The molecule has 1 rings (SSSR count). The van der Waals surface area contributed by atoms with Gasteiger partial charge in [0.2, 0.25) is 0 Å². The van der Waals surface area contributed by atoms with Crippen LogP contribution >= 0.6 is 11.3 Å². The molecule has 3 N–H and O–H groups in total. The number of thiazole rings is 1. The van der Waals surface area contributed by atoms with E-state index in [2.05, 4.69) is 15.6 Å². The van der Waals surface area contributed by atoms with Crippen molar-refractivity contribution >= 4 is 23.3 Å². The molecule has 0 saturated heterocycles. The maximum atomic E-state index is 11.7. The number of aromatic nitrogens is 1. The molecule has 0 aliphatic carbocycles. The first-order valence-corrected chi connectivity index (χ1v) is 6.79. The number of nitrogens with one attached hydrogen (secondary N) is 2. The van der Waals surface area contributed by atoms with E-state index in [0.717, 1.165) is 9.88 Å². The van der Waals surface area contributed by atoms with Crippen molar-refractivity contribution < 1.29 is 14.7 Å². The first-order valence-electron chi connectivity index (χ1n) is 5.97. The number of carboxylic acid groups (broad SMARTS) is 1. The highest BCUT2D eigenvalue weighted by molar-refractivity contribution is 7.11. The summed E-state index contributed by atoms with van der Waals surface area (Å²) in [6, 6.07) is -0.304. The monoisotopic (exact) mass is 285 g/mol. The van der Waals surface area contributed by atoms with Crippen molar-refractivity contribution in [2.45, 2.75) is 45.7 Å². The normalized spacial score (nSPS) is 11.1. The molecule has 0 aliphatic heterocycles. The highest BCUT2D eigenvalue weighted by Crippen LogP contribution is 2.12. The summed E-state index contributed by atoms with van der Waals surface area (Å²) in [5, 5.41) is 15.1. The van der Waals surface area contributed by atoms with Crippen molar-refractivity contribution in [3.63, 3.8) is 0 Å². The summed E-state index contributed by atoms with van der Waals surface area (Å²) in [6.07, 6.45) is 2.15. The van der Waals surface area contributed by atoms with Crippen LogP contribution in [0.2, 0.25) is 0 Å². The molecule has 0 saturated carbocycles. The standard InChI is InChI=1S/C12H19N3O3S/c1-8-13-6-9(19-8)7-14-11(18)15-12(2,3)5-4-10(16)17/h6H,4-5,7H2,1-3H3,(H,16,17)(H2,14,15,18). The first-order chi connectivity index (χ1) is 8.78. The quantitative estimate of drug-likeness (QED) is 0.744. The number of hydrogen-bond donors (Lipinski definition) is 3. The Kier molecular flexibility index (Phi) is 5.29. The summed E-state index contributed by atoms with van der Waals surface area (Å²) in [5.41, 5.74) is -0.550. The Balaban J connectivity index is 2.35. The molecule has 1 aromatic rings. The number of hydrogen-bond acceptors (Lipinski definition) is 4. The number of aliphatic carboxylic acids is 1. The topological polar surface area (TPSA) is 91.3 Å². The van der Waals surface area contributed by atoms with E-state index in [-0.39, 0.29) is 12.5 Å². The third-order valence-electron chi connectivity index (χ3n) is 2.51. The Morgan fingerprint density at radius 2 is 2.16 bits per heavy atom. The molecule has 0 spiro atoms. The van der Waals surface area contributed by atoms with Crippen LogP contribution in [0.15, 0.2) is 6.20 Å². The molecule has 1 aromatic heterocycles. The summed E-state index contributed by atoms with van der Waals surface area (Å²) in [5.74, 6) is -0.865. The Hall–Kier alpha value is -1.63. The lowest BCUT2D eigenvalue weighted by molar-refractivity contribution is -0.137. The van der Waals surface area contributed by atoms with Crippen LogP contribution in [-0.4, -0.2) is 27.6 Å². The number of carbonyl (C=O) groups excluding carboxylic acids is 1. The summed E-state index contributed by atoms with van der Waals surface area (Å²) in [7, 11) is 0. The van der Waals surface area contributed by atoms with Gasteiger partial charge in [-0.3, -0.25) is 4.79 Å². The maximum absolute atomic E-state index is 11.7. The van der Waals surface area contributed by atoms with E-state index < -0.39 is 11.5 Å². The predicted molar refractivity (Wildman–Crippen MR) is 73.2 cm³/mol. The van der Waals surface area contributed by atoms with Gasteiger partial charge in [-0.05, 0) is 27.2 Å². The molecule has 0 bridgehead atoms. The number of amides is 2. The highest BCUT2D eigenvalue weighted by atomic mass is 32.1. The third-order valence-corrected chi connectivity index (χ3v) is 3.42. The van der Waals surface area contributed by atoms with Gasteiger partial charge in [-0.1, -0.05) is 0 Å². The molecule has 7 heteroatoms. The van der Waals surface area contributed by atoms with E-state index in [0.29, 0.717) is 13.0 Å². The fourth-order valence-corrected chi connectivity index (χ4v) is 2.22. The second kappa shape index (κ2) is 6.51. The van der Waals surface area contributed by atoms with Gasteiger partial charge in [0.1, 0.15) is 0 Å². The van der Waals surface area contributed by atoms with Gasteiger partial charge in [-0.25, -0.2) is 9.78 Å². The van der Waals surface area contributed by atoms with Crippen molar-refractivity contribution in [1.82, 2.24) is 15.6 Å². The lowest BCUT2D eigenvalue weighted by atomic mass is 9.99. The van der Waals surface area contributed by atoms with Gasteiger partial charge in [0, 0.05) is 23.0 Å². The van der Waals surface area contributed by atoms with Crippen LogP contribution in [0.5, 0.6) is 0 Å². The molecule has 0 unspecified atom stereocenters. The van der Waals surface area contributed by atoms with Crippen LogP contribution in [0.1, 0.15) is 36.6 Å². The van der Waals surface area contributed by atoms with Crippen molar-refractivity contribution in [3.05, 3.63) is 16.1 Å². The van der Waals surface area contributed by atoms with E-state index in [1.54, 1.807) is 20.0 Å². The largest absolute Gasteiger partial charge is 0.481 e. The van der Waals surface area contributed by atoms with E-state index in [1.165, 1.54) is 11.3 Å². The van der Waals surface area contributed by atoms with Crippen LogP contribution < -0.4 is 10.6 Å². The van der Waals surface area contributed by atoms with Gasteiger partial charge in [-0.15, -0.1) is 11.3 Å². The summed E-state index contributed by atoms with van der Waals surface area (Å²) in [6.45, 7) is 5.92. The van der Waals surface area contributed by atoms with Crippen molar-refractivity contribution in [2.24, 2.45) is 0 Å². The average Bonchev–Trinajstić information content (AvgIpc) is 2.69. The van der Waals surface area contributed by atoms with Crippen molar-refractivity contribution in [3.8, 4) is 0 Å². The molecule has 0 aliphatic rings. The summed E-state index contributed by atoms with van der Waals surface area (Å²) >= 11 is 1.53. The highest BCUT2D eigenvalue weighted by Gasteiger charge is 2.21. The predicted octanol–water partition coefficient (Wildman–Crippen LogP) is 1.89. The maximum Gasteiger partial charge on any atom is 0.315 e. The minimum absolute atomic E-state index is 0.0291. The molecule has 0 atom stereocenters. The molecule has 2 amide bonds. The summed E-state index contributed by atoms with van der Waals surface area (Å²) in [4.78, 5) is 27.3. The Morgan fingerprint density at radius 3 is 2.68 bits per heavy atom. The molecule has 6 nitrogen and oxygen atoms in total. The van der Waals surface area contributed by atoms with E-state index >= 15 is 0 Å². The van der Waals surface area contributed by atoms with E-state index in [9.17, 15) is 9.59 Å². The molecular weight excluding hydrogens is 266 g/mol. The average molecular weight is 285 g/mol. The van der Waals surface area contributed by atoms with Crippen molar-refractivity contribution in [1.29, 1.82) is 0 Å². The van der Waals surface area contributed by atoms with E-state index in [1.807, 2.05) is 6.92 Å². The summed E-state index contributed by atoms with van der Waals surface area (Å²) < 4.78 is 0. The van der Waals surface area contributed by atoms with Crippen molar-refractivity contribution in [2.75, 3.05) is 0 Å². The zero-order chi connectivity index (χ0) is 14.5. The molecular formula is C12H19N3O3S. The number of carboxylic acids is 1. The number of carbonyl (C=O) groups is 2. The Morgan fingerprint density at radius 1 is 1.47 bits per heavy atom. The minimum atomic E-state index is -0.865. The van der Waals surface area contributed by atoms with Crippen LogP contribution in [0.3, 0.4) is 0 Å². The smallest absolute Gasteiger partial charge is 0.315 e. The molecule has 0 aromatic carbocycles. The molecule has 0 radical (unpaired) electrons. The minimum Gasteiger partial charge on any atom is -0.481 e.